The van der Waals surface area contributed by atoms with Crippen molar-refractivity contribution in [3.8, 4) is 5.75 Å². The van der Waals surface area contributed by atoms with Crippen LogP contribution in [0.15, 0.2) is 18.2 Å². The Labute approximate surface area is 106 Å². The number of halogens is 1. The van der Waals surface area contributed by atoms with Crippen LogP contribution in [0.3, 0.4) is 0 Å². The highest BCUT2D eigenvalue weighted by Crippen LogP contribution is 2.22. The van der Waals surface area contributed by atoms with E-state index in [1.165, 1.54) is 0 Å². The van der Waals surface area contributed by atoms with Gasteiger partial charge >= 0.3 is 0 Å². The van der Waals surface area contributed by atoms with Crippen molar-refractivity contribution in [3.05, 3.63) is 28.8 Å². The lowest BCUT2D eigenvalue weighted by Gasteiger charge is -2.11. The minimum Gasteiger partial charge on any atom is -0.490 e. The third kappa shape index (κ3) is 4.63. The van der Waals surface area contributed by atoms with E-state index in [0.29, 0.717) is 29.5 Å². The molecule has 0 amide bonds. The minimum atomic E-state index is -0.0584. The van der Waals surface area contributed by atoms with Crippen molar-refractivity contribution in [2.75, 3.05) is 19.8 Å². The zero-order valence-corrected chi connectivity index (χ0v) is 10.6. The number of rotatable bonds is 7. The molecule has 94 valence electrons. The molecule has 0 atom stereocenters. The van der Waals surface area contributed by atoms with E-state index in [0.717, 1.165) is 13.0 Å². The molecule has 5 heteroatoms. The lowest BCUT2D eigenvalue weighted by atomic mass is 10.2. The molecular formula is C12H17ClN2O2. The topological polar surface area (TPSA) is 68.3 Å². The van der Waals surface area contributed by atoms with Gasteiger partial charge < -0.3 is 15.2 Å². The van der Waals surface area contributed by atoms with Crippen LogP contribution < -0.4 is 10.5 Å². The minimum absolute atomic E-state index is 0.0584. The Kier molecular flexibility index (Phi) is 5.80. The van der Waals surface area contributed by atoms with Gasteiger partial charge in [0.25, 0.3) is 0 Å². The summed E-state index contributed by atoms with van der Waals surface area (Å²) in [5.74, 6) is 0.499. The monoisotopic (exact) mass is 256 g/mol. The largest absolute Gasteiger partial charge is 0.490 e. The molecule has 0 unspecified atom stereocenters. The number of ether oxygens (including phenoxy) is 2. The highest BCUT2D eigenvalue weighted by molar-refractivity contribution is 6.31. The summed E-state index contributed by atoms with van der Waals surface area (Å²) in [5.41, 5.74) is 5.96. The molecule has 0 spiro atoms. The molecule has 1 aromatic rings. The first-order valence-electron chi connectivity index (χ1n) is 5.49. The SMILES string of the molecule is CCCOCCOc1ccc(Cl)cc1C(=N)N. The van der Waals surface area contributed by atoms with Crippen molar-refractivity contribution in [3.63, 3.8) is 0 Å². The molecular weight excluding hydrogens is 240 g/mol. The number of nitrogen functional groups attached to an aromatic ring is 1. The molecule has 1 rings (SSSR count). The van der Waals surface area contributed by atoms with E-state index < -0.39 is 0 Å². The first kappa shape index (κ1) is 13.8. The Bertz CT molecular complexity index is 383. The Morgan fingerprint density at radius 2 is 2.12 bits per heavy atom. The molecule has 0 saturated heterocycles. The first-order valence-corrected chi connectivity index (χ1v) is 5.87. The summed E-state index contributed by atoms with van der Waals surface area (Å²) in [5, 5.41) is 7.96. The maximum atomic E-state index is 7.43. The Balaban J connectivity index is 2.55. The summed E-state index contributed by atoms with van der Waals surface area (Å²) in [7, 11) is 0. The molecule has 3 N–H and O–H groups in total. The molecule has 17 heavy (non-hydrogen) atoms. The van der Waals surface area contributed by atoms with Gasteiger partial charge in [-0.2, -0.15) is 0 Å². The van der Waals surface area contributed by atoms with Gasteiger partial charge in [-0.1, -0.05) is 18.5 Å². The van der Waals surface area contributed by atoms with Crippen LogP contribution >= 0.6 is 11.6 Å². The van der Waals surface area contributed by atoms with Gasteiger partial charge in [-0.3, -0.25) is 5.41 Å². The van der Waals surface area contributed by atoms with E-state index in [9.17, 15) is 0 Å². The third-order valence-corrected chi connectivity index (χ3v) is 2.30. The van der Waals surface area contributed by atoms with Crippen molar-refractivity contribution in [1.82, 2.24) is 0 Å². The second-order valence-corrected chi connectivity index (χ2v) is 3.95. The van der Waals surface area contributed by atoms with E-state index in [4.69, 9.17) is 32.2 Å². The van der Waals surface area contributed by atoms with Crippen LogP contribution in [0.5, 0.6) is 5.75 Å². The zero-order valence-electron chi connectivity index (χ0n) is 9.83. The van der Waals surface area contributed by atoms with Gasteiger partial charge in [-0.25, -0.2) is 0 Å². The number of benzene rings is 1. The molecule has 0 aliphatic carbocycles. The van der Waals surface area contributed by atoms with Crippen LogP contribution in [0.4, 0.5) is 0 Å². The van der Waals surface area contributed by atoms with Crippen molar-refractivity contribution in [2.24, 2.45) is 5.73 Å². The van der Waals surface area contributed by atoms with E-state index in [2.05, 4.69) is 0 Å². The van der Waals surface area contributed by atoms with Gasteiger partial charge in [0.15, 0.2) is 0 Å². The quantitative estimate of drug-likeness (QED) is 0.447. The number of hydrogen-bond acceptors (Lipinski definition) is 3. The van der Waals surface area contributed by atoms with Crippen LogP contribution in [-0.4, -0.2) is 25.7 Å². The fourth-order valence-corrected chi connectivity index (χ4v) is 1.47. The van der Waals surface area contributed by atoms with Gasteiger partial charge in [-0.15, -0.1) is 0 Å². The van der Waals surface area contributed by atoms with Gasteiger partial charge in [0.1, 0.15) is 18.2 Å². The van der Waals surface area contributed by atoms with Crippen molar-refractivity contribution >= 4 is 17.4 Å². The Morgan fingerprint density at radius 3 is 2.76 bits per heavy atom. The second kappa shape index (κ2) is 7.14. The maximum absolute atomic E-state index is 7.43. The van der Waals surface area contributed by atoms with E-state index >= 15 is 0 Å². The Hall–Kier alpha value is -1.26. The zero-order chi connectivity index (χ0) is 12.7. The predicted molar refractivity (Wildman–Crippen MR) is 69.1 cm³/mol. The van der Waals surface area contributed by atoms with E-state index in [-0.39, 0.29) is 5.84 Å². The molecule has 0 aliphatic rings. The summed E-state index contributed by atoms with van der Waals surface area (Å²) >= 11 is 5.83. The van der Waals surface area contributed by atoms with Gasteiger partial charge in [0.05, 0.1) is 12.2 Å². The van der Waals surface area contributed by atoms with Gasteiger partial charge in [-0.05, 0) is 24.6 Å². The molecule has 0 saturated carbocycles. The average molecular weight is 257 g/mol. The van der Waals surface area contributed by atoms with Gasteiger partial charge in [0, 0.05) is 11.6 Å². The van der Waals surface area contributed by atoms with Crippen LogP contribution in [-0.2, 0) is 4.74 Å². The second-order valence-electron chi connectivity index (χ2n) is 3.51. The molecule has 0 heterocycles. The molecule has 0 bridgehead atoms. The predicted octanol–water partition coefficient (Wildman–Crippen LogP) is 2.43. The number of amidine groups is 1. The van der Waals surface area contributed by atoms with Crippen LogP contribution in [0.1, 0.15) is 18.9 Å². The molecule has 1 aromatic carbocycles. The maximum Gasteiger partial charge on any atom is 0.130 e. The normalized spacial score (nSPS) is 10.2. The fraction of sp³-hybridized carbons (Fsp3) is 0.417. The smallest absolute Gasteiger partial charge is 0.130 e. The lowest BCUT2D eigenvalue weighted by molar-refractivity contribution is 0.101. The van der Waals surface area contributed by atoms with E-state index in [1.54, 1.807) is 18.2 Å². The summed E-state index contributed by atoms with van der Waals surface area (Å²) in [6.45, 7) is 3.73. The summed E-state index contributed by atoms with van der Waals surface area (Å²) in [6, 6.07) is 5.03. The number of hydrogen-bond donors (Lipinski definition) is 2. The standard InChI is InChI=1S/C12H17ClN2O2/c1-2-5-16-6-7-17-11-4-3-9(13)8-10(11)12(14)15/h3-4,8H,2,5-7H2,1H3,(H3,14,15). The van der Waals surface area contributed by atoms with Crippen LogP contribution in [0, 0.1) is 5.41 Å². The van der Waals surface area contributed by atoms with Gasteiger partial charge in [0.2, 0.25) is 0 Å². The highest BCUT2D eigenvalue weighted by Gasteiger charge is 2.07. The van der Waals surface area contributed by atoms with E-state index in [1.807, 2.05) is 6.92 Å². The molecule has 0 radical (unpaired) electrons. The summed E-state index contributed by atoms with van der Waals surface area (Å²) in [6.07, 6.45) is 0.986. The summed E-state index contributed by atoms with van der Waals surface area (Å²) < 4.78 is 10.8. The molecule has 0 aromatic heterocycles. The molecule has 0 aliphatic heterocycles. The first-order chi connectivity index (χ1) is 8.15. The average Bonchev–Trinajstić information content (AvgIpc) is 2.30. The number of nitrogens with one attached hydrogen (secondary N) is 1. The van der Waals surface area contributed by atoms with Crippen molar-refractivity contribution in [1.29, 1.82) is 5.41 Å². The fourth-order valence-electron chi connectivity index (χ4n) is 1.30. The molecule has 0 fully saturated rings. The van der Waals surface area contributed by atoms with Crippen molar-refractivity contribution < 1.29 is 9.47 Å². The Morgan fingerprint density at radius 1 is 1.35 bits per heavy atom. The summed E-state index contributed by atoms with van der Waals surface area (Å²) in [4.78, 5) is 0. The lowest BCUT2D eigenvalue weighted by Crippen LogP contribution is -2.15. The molecule has 4 nitrogen and oxygen atoms in total. The highest BCUT2D eigenvalue weighted by atomic mass is 35.5. The van der Waals surface area contributed by atoms with Crippen molar-refractivity contribution in [2.45, 2.75) is 13.3 Å². The van der Waals surface area contributed by atoms with Crippen LogP contribution in [0.2, 0.25) is 5.02 Å². The third-order valence-electron chi connectivity index (χ3n) is 2.07. The van der Waals surface area contributed by atoms with Crippen LogP contribution in [0.25, 0.3) is 0 Å². The number of nitrogens with two attached hydrogens (primary N) is 1.